The van der Waals surface area contributed by atoms with Crippen LogP contribution >= 0.6 is 11.8 Å². The van der Waals surface area contributed by atoms with Crippen molar-refractivity contribution in [1.82, 2.24) is 4.98 Å². The largest absolute Gasteiger partial charge is 0.413 e. The molecule has 48 heavy (non-hydrogen) atoms. The Morgan fingerprint density at radius 3 is 1.48 bits per heavy atom. The van der Waals surface area contributed by atoms with Crippen LogP contribution in [0.1, 0.15) is 131 Å². The van der Waals surface area contributed by atoms with Crippen molar-refractivity contribution in [1.29, 1.82) is 0 Å². The van der Waals surface area contributed by atoms with Gasteiger partial charge >= 0.3 is 0 Å². The molecule has 1 saturated heterocycles. The molecule has 6 nitrogen and oxygen atoms in total. The fourth-order valence-electron chi connectivity index (χ4n) is 10.0. The number of rotatable bonds is 18. The second-order valence-corrected chi connectivity index (χ2v) is 34.9. The van der Waals surface area contributed by atoms with Crippen molar-refractivity contribution in [3.63, 3.8) is 0 Å². The average molecular weight is 742 g/mol. The van der Waals surface area contributed by atoms with Crippen molar-refractivity contribution >= 4 is 36.7 Å². The number of hydrogen-bond acceptors (Lipinski definition) is 7. The molecule has 0 amide bonds. The summed E-state index contributed by atoms with van der Waals surface area (Å²) in [5.74, 6) is 0. The summed E-state index contributed by atoms with van der Waals surface area (Å²) in [6.45, 7) is 42.4. The number of pyridine rings is 1. The topological polar surface area (TPSA) is 70.0 Å². The van der Waals surface area contributed by atoms with Gasteiger partial charge in [0.2, 0.25) is 21.8 Å². The van der Waals surface area contributed by atoms with Gasteiger partial charge < -0.3 is 23.1 Å². The molecule has 280 valence electrons. The fraction of sp³-hybridized carbons (Fsp3) is 0.868. The smallest absolute Gasteiger partial charge is 0.224 e. The Bertz CT molecular complexity index is 1040. The predicted molar refractivity (Wildman–Crippen MR) is 213 cm³/mol. The van der Waals surface area contributed by atoms with E-state index >= 15 is 0 Å². The highest BCUT2D eigenvalue weighted by atomic mass is 32.2. The summed E-state index contributed by atoms with van der Waals surface area (Å²) in [6, 6.07) is 5.80. The lowest BCUT2D eigenvalue weighted by atomic mass is 10.0. The van der Waals surface area contributed by atoms with E-state index in [2.05, 4.69) is 130 Å². The van der Waals surface area contributed by atoms with E-state index in [1.165, 1.54) is 11.8 Å². The summed E-state index contributed by atoms with van der Waals surface area (Å²) in [5, 5.41) is 11.7. The lowest BCUT2D eigenvalue weighted by Crippen LogP contribution is -2.65. The molecule has 0 unspecified atom stereocenters. The van der Waals surface area contributed by atoms with Gasteiger partial charge in [-0.1, -0.05) is 131 Å². The van der Waals surface area contributed by atoms with E-state index < -0.39 is 36.2 Å². The van der Waals surface area contributed by atoms with Crippen LogP contribution in [0.25, 0.3) is 0 Å². The van der Waals surface area contributed by atoms with Crippen LogP contribution in [-0.4, -0.2) is 65.1 Å². The van der Waals surface area contributed by atoms with E-state index in [0.717, 1.165) is 5.03 Å². The van der Waals surface area contributed by atoms with Crippen LogP contribution in [0.4, 0.5) is 0 Å². The molecular weight excluding hydrogens is 667 g/mol. The quantitative estimate of drug-likeness (QED) is 0.119. The first-order chi connectivity index (χ1) is 22.0. The van der Waals surface area contributed by atoms with Gasteiger partial charge in [-0.2, -0.15) is 0 Å². The molecule has 2 rings (SSSR count). The van der Waals surface area contributed by atoms with Gasteiger partial charge in [-0.15, -0.1) is 0 Å². The maximum absolute atomic E-state index is 12.5. The first kappa shape index (κ1) is 44.1. The molecule has 0 radical (unpaired) electrons. The summed E-state index contributed by atoms with van der Waals surface area (Å²) >= 11 is 1.29. The normalized spacial score (nSPS) is 23.5. The zero-order valence-electron chi connectivity index (χ0n) is 34.1. The van der Waals surface area contributed by atoms with E-state index in [1.807, 2.05) is 18.2 Å². The molecule has 0 spiro atoms. The van der Waals surface area contributed by atoms with Crippen molar-refractivity contribution in [2.24, 2.45) is 0 Å². The van der Waals surface area contributed by atoms with E-state index in [1.54, 1.807) is 6.20 Å². The molecule has 0 bridgehead atoms. The third kappa shape index (κ3) is 9.11. The van der Waals surface area contributed by atoms with Crippen molar-refractivity contribution in [3.8, 4) is 0 Å². The molecule has 10 heteroatoms. The molecule has 1 aromatic rings. The minimum atomic E-state index is -2.41. The molecule has 1 fully saturated rings. The minimum absolute atomic E-state index is 0.302. The Morgan fingerprint density at radius 2 is 1.10 bits per heavy atom. The summed E-state index contributed by atoms with van der Waals surface area (Å²) < 4.78 is 29.7. The van der Waals surface area contributed by atoms with Gasteiger partial charge in [-0.25, -0.2) is 4.98 Å². The summed E-state index contributed by atoms with van der Waals surface area (Å²) in [7, 11) is -7.07. The first-order valence-electron chi connectivity index (χ1n) is 19.0. The van der Waals surface area contributed by atoms with E-state index in [4.69, 9.17) is 18.0 Å². The lowest BCUT2D eigenvalue weighted by Gasteiger charge is -2.55. The molecule has 0 saturated carbocycles. The maximum atomic E-state index is 12.5. The van der Waals surface area contributed by atoms with E-state index in [9.17, 15) is 5.11 Å². The van der Waals surface area contributed by atoms with Crippen LogP contribution in [0, 0.1) is 0 Å². The van der Waals surface area contributed by atoms with Crippen LogP contribution in [-0.2, 0) is 18.0 Å². The Morgan fingerprint density at radius 1 is 0.688 bits per heavy atom. The average Bonchev–Trinajstić information content (AvgIpc) is 2.94. The summed E-state index contributed by atoms with van der Waals surface area (Å²) in [6.07, 6.45) is 0.842. The van der Waals surface area contributed by atoms with Crippen molar-refractivity contribution in [3.05, 3.63) is 24.4 Å². The molecule has 1 aromatic heterocycles. The molecule has 1 N–H and O–H groups in total. The lowest BCUT2D eigenvalue weighted by molar-refractivity contribution is -0.252. The van der Waals surface area contributed by atoms with Crippen molar-refractivity contribution in [2.75, 3.05) is 6.61 Å². The molecule has 2 heterocycles. The number of aromatic nitrogens is 1. The highest BCUT2D eigenvalue weighted by molar-refractivity contribution is 8.00. The van der Waals surface area contributed by atoms with Crippen molar-refractivity contribution in [2.45, 2.75) is 209 Å². The number of aliphatic hydroxyl groups is 1. The molecule has 1 aliphatic rings. The Balaban J connectivity index is 2.88. The Hall–Kier alpha value is -0.0494. The van der Waals surface area contributed by atoms with Crippen molar-refractivity contribution < 1.29 is 23.1 Å². The predicted octanol–water partition coefficient (Wildman–Crippen LogP) is 11.9. The first-order valence-corrected chi connectivity index (χ1v) is 26.3. The standard InChI is InChI=1S/C38H75NO5SSi3/c1-25(2)46(26(3)4,27(5)6)41-24-35-37(44-48(31(13)14,32(15)16)33(17)18)34(43-47(28(7)8,29(9)10)30(11)12)23-38(40,42-35)45-36-21-19-20-22-39-36/h19-22,25-35,37,40H,23-24H2,1-18H3/t34-,35-,37+,38+/m1/s1. The van der Waals surface area contributed by atoms with Crippen LogP contribution in [0.2, 0.25) is 49.9 Å². The highest BCUT2D eigenvalue weighted by Gasteiger charge is 2.58. The molecule has 1 aliphatic heterocycles. The molecule has 0 aromatic carbocycles. The number of hydrogen-bond donors (Lipinski definition) is 1. The fourth-order valence-corrected chi connectivity index (χ4v) is 27.6. The highest BCUT2D eigenvalue weighted by Crippen LogP contribution is 2.51. The Kier molecular flexibility index (Phi) is 16.2. The zero-order valence-corrected chi connectivity index (χ0v) is 37.9. The van der Waals surface area contributed by atoms with Crippen LogP contribution < -0.4 is 0 Å². The van der Waals surface area contributed by atoms with Crippen LogP contribution in [0.15, 0.2) is 29.4 Å². The van der Waals surface area contributed by atoms with E-state index in [-0.39, 0.29) is 12.2 Å². The summed E-state index contributed by atoms with van der Waals surface area (Å²) in [4.78, 5) is 4.57. The van der Waals surface area contributed by atoms with E-state index in [0.29, 0.717) is 62.9 Å². The van der Waals surface area contributed by atoms with Gasteiger partial charge in [-0.05, 0) is 73.8 Å². The SMILES string of the molecule is CC(C)[Si](OC[C@H]1O[C@](O)(Sc2ccccn2)C[C@@H](O[Si](C(C)C)(C(C)C)C(C)C)[C@@H]1O[Si](C(C)C)(C(C)C)C(C)C)(C(C)C)C(C)C. The number of ether oxygens (including phenoxy) is 1. The number of thioether (sulfide) groups is 1. The maximum Gasteiger partial charge on any atom is 0.224 e. The third-order valence-corrected chi connectivity index (χ3v) is 31.1. The van der Waals surface area contributed by atoms with Gasteiger partial charge in [-0.3, -0.25) is 0 Å². The Labute approximate surface area is 304 Å². The van der Waals surface area contributed by atoms with Gasteiger partial charge in [0.15, 0.2) is 8.32 Å². The monoisotopic (exact) mass is 741 g/mol. The van der Waals surface area contributed by atoms with Gasteiger partial charge in [0.25, 0.3) is 0 Å². The summed E-state index contributed by atoms with van der Waals surface area (Å²) in [5.41, 5.74) is 3.60. The number of nitrogens with zero attached hydrogens (tertiary/aromatic N) is 1. The second kappa shape index (κ2) is 17.6. The minimum Gasteiger partial charge on any atom is -0.413 e. The van der Waals surface area contributed by atoms with Gasteiger partial charge in [0, 0.05) is 12.6 Å². The van der Waals surface area contributed by atoms with Gasteiger partial charge in [0.05, 0.1) is 18.8 Å². The van der Waals surface area contributed by atoms with Crippen LogP contribution in [0.3, 0.4) is 0 Å². The zero-order chi connectivity index (χ0) is 37.0. The molecule has 0 aliphatic carbocycles. The second-order valence-electron chi connectivity index (χ2n) is 17.3. The third-order valence-electron chi connectivity index (χ3n) is 11.7. The van der Waals surface area contributed by atoms with Crippen LogP contribution in [0.5, 0.6) is 0 Å². The molecule has 4 atom stereocenters. The van der Waals surface area contributed by atoms with Gasteiger partial charge in [0.1, 0.15) is 11.1 Å². The molecular formula is C38H75NO5SSi3.